The monoisotopic (exact) mass is 251 g/mol. The third-order valence-electron chi connectivity index (χ3n) is 2.45. The summed E-state index contributed by atoms with van der Waals surface area (Å²) in [7, 11) is 0. The molecule has 0 fully saturated rings. The van der Waals surface area contributed by atoms with Crippen LogP contribution in [0.2, 0.25) is 5.15 Å². The van der Waals surface area contributed by atoms with Crippen LogP contribution >= 0.6 is 11.6 Å². The summed E-state index contributed by atoms with van der Waals surface area (Å²) in [6, 6.07) is 9.42. The van der Waals surface area contributed by atoms with Gasteiger partial charge in [-0.1, -0.05) is 23.7 Å². The fourth-order valence-electron chi connectivity index (χ4n) is 1.64. The first-order valence-electron chi connectivity index (χ1n) is 5.04. The first-order chi connectivity index (χ1) is 8.20. The van der Waals surface area contributed by atoms with Crippen molar-refractivity contribution in [3.63, 3.8) is 0 Å². The lowest BCUT2D eigenvalue weighted by Gasteiger charge is -2.16. The Labute approximate surface area is 103 Å². The molecule has 0 radical (unpaired) electrons. The smallest absolute Gasteiger partial charge is 0.129 e. The summed E-state index contributed by atoms with van der Waals surface area (Å²) in [5, 5.41) is 0.393. The van der Waals surface area contributed by atoms with Crippen molar-refractivity contribution in [2.24, 2.45) is 5.84 Å². The fourth-order valence-corrected chi connectivity index (χ4v) is 1.82. The van der Waals surface area contributed by atoms with Crippen LogP contribution in [0.15, 0.2) is 42.6 Å². The minimum atomic E-state index is -0.280. The Morgan fingerprint density at radius 2 is 1.88 bits per heavy atom. The molecular formula is C12H11ClFN3. The second kappa shape index (κ2) is 5.23. The lowest BCUT2D eigenvalue weighted by molar-refractivity contribution is 0.615. The number of nitrogens with one attached hydrogen (secondary N) is 1. The average molecular weight is 252 g/mol. The topological polar surface area (TPSA) is 50.9 Å². The Kier molecular flexibility index (Phi) is 3.68. The number of aromatic nitrogens is 1. The molecule has 0 aliphatic carbocycles. The number of hydrogen-bond acceptors (Lipinski definition) is 3. The fraction of sp³-hybridized carbons (Fsp3) is 0.0833. The molecule has 88 valence electrons. The molecule has 0 aliphatic rings. The van der Waals surface area contributed by atoms with Crippen molar-refractivity contribution in [1.82, 2.24) is 10.4 Å². The van der Waals surface area contributed by atoms with Crippen molar-refractivity contribution < 1.29 is 4.39 Å². The van der Waals surface area contributed by atoms with E-state index in [9.17, 15) is 4.39 Å². The molecule has 17 heavy (non-hydrogen) atoms. The zero-order valence-electron chi connectivity index (χ0n) is 8.90. The predicted molar refractivity (Wildman–Crippen MR) is 64.8 cm³/mol. The minimum absolute atomic E-state index is 0.240. The summed E-state index contributed by atoms with van der Waals surface area (Å²) in [6.07, 6.45) is 1.60. The Balaban J connectivity index is 2.36. The van der Waals surface area contributed by atoms with Gasteiger partial charge in [-0.3, -0.25) is 5.84 Å². The van der Waals surface area contributed by atoms with Gasteiger partial charge in [0.05, 0.1) is 6.04 Å². The van der Waals surface area contributed by atoms with Crippen LogP contribution < -0.4 is 11.3 Å². The Hall–Kier alpha value is -1.49. The summed E-state index contributed by atoms with van der Waals surface area (Å²) in [5.41, 5.74) is 4.40. The first-order valence-corrected chi connectivity index (χ1v) is 5.41. The molecule has 1 aromatic carbocycles. The number of hydrogen-bond donors (Lipinski definition) is 2. The SMILES string of the molecule is NNC(c1ccc(F)cc1)c1ccnc(Cl)c1. The molecule has 0 saturated heterocycles. The van der Waals surface area contributed by atoms with E-state index in [2.05, 4.69) is 10.4 Å². The van der Waals surface area contributed by atoms with Crippen molar-refractivity contribution in [3.8, 4) is 0 Å². The standard InChI is InChI=1S/C12H11ClFN3/c13-11-7-9(5-6-16-11)12(17-15)8-1-3-10(14)4-2-8/h1-7,12,17H,15H2. The van der Waals surface area contributed by atoms with Crippen LogP contribution in [0.3, 0.4) is 0 Å². The molecule has 1 unspecified atom stereocenters. The second-order valence-electron chi connectivity index (χ2n) is 3.56. The number of halogens is 2. The van der Waals surface area contributed by atoms with E-state index in [1.165, 1.54) is 12.1 Å². The minimum Gasteiger partial charge on any atom is -0.271 e. The number of hydrazine groups is 1. The number of benzene rings is 1. The largest absolute Gasteiger partial charge is 0.271 e. The summed E-state index contributed by atoms with van der Waals surface area (Å²) < 4.78 is 12.8. The average Bonchev–Trinajstić information content (AvgIpc) is 2.33. The van der Waals surface area contributed by atoms with Crippen molar-refractivity contribution >= 4 is 11.6 Å². The highest BCUT2D eigenvalue weighted by Gasteiger charge is 2.12. The van der Waals surface area contributed by atoms with Gasteiger partial charge in [-0.15, -0.1) is 0 Å². The molecule has 1 atom stereocenters. The van der Waals surface area contributed by atoms with Crippen LogP contribution in [0.1, 0.15) is 17.2 Å². The Morgan fingerprint density at radius 3 is 2.47 bits per heavy atom. The van der Waals surface area contributed by atoms with Gasteiger partial charge in [-0.2, -0.15) is 0 Å². The molecule has 3 N–H and O–H groups in total. The van der Waals surface area contributed by atoms with Crippen LogP contribution in [0.4, 0.5) is 4.39 Å². The van der Waals surface area contributed by atoms with Crippen LogP contribution in [0.25, 0.3) is 0 Å². The van der Waals surface area contributed by atoms with E-state index >= 15 is 0 Å². The second-order valence-corrected chi connectivity index (χ2v) is 3.95. The van der Waals surface area contributed by atoms with Crippen molar-refractivity contribution in [2.75, 3.05) is 0 Å². The van der Waals surface area contributed by atoms with E-state index < -0.39 is 0 Å². The van der Waals surface area contributed by atoms with Crippen LogP contribution in [0.5, 0.6) is 0 Å². The van der Waals surface area contributed by atoms with Gasteiger partial charge in [0.15, 0.2) is 0 Å². The number of nitrogens with zero attached hydrogens (tertiary/aromatic N) is 1. The number of nitrogens with two attached hydrogens (primary N) is 1. The van der Waals surface area contributed by atoms with Gasteiger partial charge in [0.1, 0.15) is 11.0 Å². The maximum atomic E-state index is 12.8. The Bertz CT molecular complexity index is 501. The van der Waals surface area contributed by atoms with E-state index in [1.807, 2.05) is 0 Å². The number of pyridine rings is 1. The van der Waals surface area contributed by atoms with Crippen molar-refractivity contribution in [1.29, 1.82) is 0 Å². The zero-order chi connectivity index (χ0) is 12.3. The van der Waals surface area contributed by atoms with Crippen molar-refractivity contribution in [2.45, 2.75) is 6.04 Å². The van der Waals surface area contributed by atoms with E-state index in [0.29, 0.717) is 5.15 Å². The van der Waals surface area contributed by atoms with Crippen LogP contribution in [0, 0.1) is 5.82 Å². The quantitative estimate of drug-likeness (QED) is 0.500. The maximum absolute atomic E-state index is 12.8. The van der Waals surface area contributed by atoms with Crippen LogP contribution in [-0.2, 0) is 0 Å². The summed E-state index contributed by atoms with van der Waals surface area (Å²) in [4.78, 5) is 3.90. The molecule has 0 spiro atoms. The third-order valence-corrected chi connectivity index (χ3v) is 2.66. The molecule has 0 aliphatic heterocycles. The Morgan fingerprint density at radius 1 is 1.18 bits per heavy atom. The van der Waals surface area contributed by atoms with E-state index in [0.717, 1.165) is 11.1 Å². The molecular weight excluding hydrogens is 241 g/mol. The summed E-state index contributed by atoms with van der Waals surface area (Å²) in [6.45, 7) is 0. The van der Waals surface area contributed by atoms with Gasteiger partial charge in [0.2, 0.25) is 0 Å². The van der Waals surface area contributed by atoms with Gasteiger partial charge in [0.25, 0.3) is 0 Å². The molecule has 2 rings (SSSR count). The van der Waals surface area contributed by atoms with E-state index in [1.54, 1.807) is 30.5 Å². The zero-order valence-corrected chi connectivity index (χ0v) is 9.66. The molecule has 3 nitrogen and oxygen atoms in total. The summed E-state index contributed by atoms with van der Waals surface area (Å²) in [5.74, 6) is 5.24. The highest BCUT2D eigenvalue weighted by molar-refractivity contribution is 6.29. The predicted octanol–water partition coefficient (Wildman–Crippen LogP) is 2.43. The molecule has 0 bridgehead atoms. The number of rotatable bonds is 3. The third kappa shape index (κ3) is 2.79. The lowest BCUT2D eigenvalue weighted by Crippen LogP contribution is -2.28. The highest BCUT2D eigenvalue weighted by Crippen LogP contribution is 2.22. The molecule has 5 heteroatoms. The molecule has 0 saturated carbocycles. The molecule has 1 heterocycles. The van der Waals surface area contributed by atoms with E-state index in [4.69, 9.17) is 17.4 Å². The van der Waals surface area contributed by atoms with Gasteiger partial charge >= 0.3 is 0 Å². The highest BCUT2D eigenvalue weighted by atomic mass is 35.5. The van der Waals surface area contributed by atoms with Crippen molar-refractivity contribution in [3.05, 3.63) is 64.7 Å². The summed E-state index contributed by atoms with van der Waals surface area (Å²) >= 11 is 5.82. The lowest BCUT2D eigenvalue weighted by atomic mass is 10.0. The van der Waals surface area contributed by atoms with Gasteiger partial charge in [0, 0.05) is 6.20 Å². The van der Waals surface area contributed by atoms with Gasteiger partial charge in [-0.25, -0.2) is 14.8 Å². The van der Waals surface area contributed by atoms with Gasteiger partial charge < -0.3 is 0 Å². The van der Waals surface area contributed by atoms with Gasteiger partial charge in [-0.05, 0) is 35.4 Å². The molecule has 1 aromatic heterocycles. The normalized spacial score (nSPS) is 12.4. The molecule has 2 aromatic rings. The van der Waals surface area contributed by atoms with Crippen LogP contribution in [-0.4, -0.2) is 4.98 Å². The van der Waals surface area contributed by atoms with E-state index in [-0.39, 0.29) is 11.9 Å². The first kappa shape index (κ1) is 12.0. The molecule has 0 amide bonds. The maximum Gasteiger partial charge on any atom is 0.129 e.